The van der Waals surface area contributed by atoms with Crippen molar-refractivity contribution >= 4 is 46.8 Å². The van der Waals surface area contributed by atoms with Crippen LogP contribution in [0, 0.1) is 0 Å². The third kappa shape index (κ3) is 4.11. The van der Waals surface area contributed by atoms with Gasteiger partial charge in [0.1, 0.15) is 11.6 Å². The highest BCUT2D eigenvalue weighted by Gasteiger charge is 2.26. The molecule has 2 aliphatic rings. The van der Waals surface area contributed by atoms with Crippen LogP contribution in [0.1, 0.15) is 43.4 Å². The lowest BCUT2D eigenvalue weighted by Crippen LogP contribution is -2.19. The third-order valence-corrected chi connectivity index (χ3v) is 5.60. The minimum Gasteiger partial charge on any atom is -0.367 e. The summed E-state index contributed by atoms with van der Waals surface area (Å²) in [4.78, 5) is 28.3. The number of amides is 2. The van der Waals surface area contributed by atoms with Gasteiger partial charge in [0.15, 0.2) is 5.65 Å². The molecule has 1 aliphatic carbocycles. The Morgan fingerprint density at radius 3 is 2.84 bits per heavy atom. The van der Waals surface area contributed by atoms with Gasteiger partial charge in [0.05, 0.1) is 12.6 Å². The number of aromatic nitrogens is 3. The molecule has 1 aliphatic heterocycles. The van der Waals surface area contributed by atoms with Crippen LogP contribution in [0.4, 0.5) is 11.6 Å². The van der Waals surface area contributed by atoms with Crippen molar-refractivity contribution in [3.63, 3.8) is 0 Å². The van der Waals surface area contributed by atoms with Crippen LogP contribution < -0.4 is 16.0 Å². The van der Waals surface area contributed by atoms with E-state index in [2.05, 4.69) is 21.0 Å². The SMILES string of the molecule is C[C@H](Nc1cc(NC2CC2)n2ncc(/C=C3\CC(=O)NC3=O)c2n1)c1cccc(Cl)c1. The number of hydrogen-bond donors (Lipinski definition) is 3. The quantitative estimate of drug-likeness (QED) is 0.403. The summed E-state index contributed by atoms with van der Waals surface area (Å²) in [5.41, 5.74) is 2.73. The second kappa shape index (κ2) is 7.70. The Labute approximate surface area is 183 Å². The maximum absolute atomic E-state index is 12.0. The minimum absolute atomic E-state index is 0.0228. The summed E-state index contributed by atoms with van der Waals surface area (Å²) in [6.45, 7) is 2.04. The summed E-state index contributed by atoms with van der Waals surface area (Å²) in [6, 6.07) is 10.0. The van der Waals surface area contributed by atoms with E-state index >= 15 is 0 Å². The molecule has 9 heteroatoms. The average Bonchev–Trinajstić information content (AvgIpc) is 3.37. The van der Waals surface area contributed by atoms with Gasteiger partial charge in [-0.1, -0.05) is 23.7 Å². The number of nitrogens with one attached hydrogen (secondary N) is 3. The van der Waals surface area contributed by atoms with Crippen LogP contribution >= 0.6 is 11.6 Å². The molecule has 158 valence electrons. The Hall–Kier alpha value is -3.39. The van der Waals surface area contributed by atoms with Crippen molar-refractivity contribution < 1.29 is 9.59 Å². The van der Waals surface area contributed by atoms with Crippen LogP contribution in [0.15, 0.2) is 42.1 Å². The zero-order chi connectivity index (χ0) is 21.5. The van der Waals surface area contributed by atoms with E-state index < -0.39 is 0 Å². The molecule has 31 heavy (non-hydrogen) atoms. The van der Waals surface area contributed by atoms with E-state index in [1.54, 1.807) is 16.8 Å². The minimum atomic E-state index is -0.371. The summed E-state index contributed by atoms with van der Waals surface area (Å²) in [5.74, 6) is 0.833. The van der Waals surface area contributed by atoms with Crippen molar-refractivity contribution in [2.24, 2.45) is 0 Å². The smallest absolute Gasteiger partial charge is 0.254 e. The molecule has 0 bridgehead atoms. The second-order valence-corrected chi connectivity index (χ2v) is 8.36. The Balaban J connectivity index is 1.53. The molecule has 1 saturated carbocycles. The summed E-state index contributed by atoms with van der Waals surface area (Å²) >= 11 is 6.14. The van der Waals surface area contributed by atoms with Crippen molar-refractivity contribution in [1.82, 2.24) is 19.9 Å². The predicted molar refractivity (Wildman–Crippen MR) is 119 cm³/mol. The molecular formula is C22H21ClN6O2. The topological polar surface area (TPSA) is 100 Å². The molecule has 3 N–H and O–H groups in total. The fraction of sp³-hybridized carbons (Fsp3) is 0.273. The summed E-state index contributed by atoms with van der Waals surface area (Å²) in [6.07, 6.45) is 5.64. The molecule has 2 fully saturated rings. The van der Waals surface area contributed by atoms with Gasteiger partial charge >= 0.3 is 0 Å². The van der Waals surface area contributed by atoms with Crippen molar-refractivity contribution in [2.45, 2.75) is 38.3 Å². The molecule has 1 aromatic carbocycles. The van der Waals surface area contributed by atoms with E-state index in [-0.39, 0.29) is 24.3 Å². The van der Waals surface area contributed by atoms with E-state index in [9.17, 15) is 9.59 Å². The van der Waals surface area contributed by atoms with Crippen LogP contribution in [0.5, 0.6) is 0 Å². The first kappa shape index (κ1) is 19.6. The number of carbonyl (C=O) groups is 2. The number of nitrogens with zero attached hydrogens (tertiary/aromatic N) is 3. The van der Waals surface area contributed by atoms with Crippen LogP contribution in [-0.4, -0.2) is 32.5 Å². The maximum atomic E-state index is 12.0. The Morgan fingerprint density at radius 1 is 1.29 bits per heavy atom. The van der Waals surface area contributed by atoms with Crippen LogP contribution in [0.2, 0.25) is 5.02 Å². The van der Waals surface area contributed by atoms with Crippen molar-refractivity contribution in [1.29, 1.82) is 0 Å². The standard InChI is InChI=1S/C22H21ClN6O2/c1-12(13-3-2-4-16(23)8-13)25-18-10-19(26-17-5-6-17)29-21(27-18)15(11-24-29)7-14-9-20(30)28-22(14)31/h2-4,7-8,10-12,17,26H,5-6,9H2,1H3,(H,25,27)(H,28,30,31)/b14-7+/t12-/m0/s1. The third-order valence-electron chi connectivity index (χ3n) is 5.37. The lowest BCUT2D eigenvalue weighted by molar-refractivity contribution is -0.124. The van der Waals surface area contributed by atoms with E-state index in [0.717, 1.165) is 24.2 Å². The fourth-order valence-electron chi connectivity index (χ4n) is 3.58. The average molecular weight is 437 g/mol. The zero-order valence-electron chi connectivity index (χ0n) is 16.9. The van der Waals surface area contributed by atoms with Gasteiger partial charge in [-0.2, -0.15) is 9.61 Å². The molecule has 5 rings (SSSR count). The van der Waals surface area contributed by atoms with Gasteiger partial charge in [-0.3, -0.25) is 14.9 Å². The molecule has 2 aromatic heterocycles. The summed E-state index contributed by atoms with van der Waals surface area (Å²) in [5, 5.41) is 14.4. The Bertz CT molecular complexity index is 1230. The highest BCUT2D eigenvalue weighted by atomic mass is 35.5. The first-order valence-corrected chi connectivity index (χ1v) is 10.6. The number of hydrogen-bond acceptors (Lipinski definition) is 6. The Kier molecular flexibility index (Phi) is 4.86. The zero-order valence-corrected chi connectivity index (χ0v) is 17.6. The molecule has 2 amide bonds. The highest BCUT2D eigenvalue weighted by molar-refractivity contribution is 6.30. The molecular weight excluding hydrogens is 416 g/mol. The monoisotopic (exact) mass is 436 g/mol. The highest BCUT2D eigenvalue weighted by Crippen LogP contribution is 2.29. The number of anilines is 2. The fourth-order valence-corrected chi connectivity index (χ4v) is 3.78. The van der Waals surface area contributed by atoms with Crippen molar-refractivity contribution in [2.75, 3.05) is 10.6 Å². The van der Waals surface area contributed by atoms with Gasteiger partial charge in [0.25, 0.3) is 5.91 Å². The molecule has 8 nitrogen and oxygen atoms in total. The number of benzene rings is 1. The second-order valence-electron chi connectivity index (χ2n) is 7.93. The van der Waals surface area contributed by atoms with Crippen molar-refractivity contribution in [3.8, 4) is 0 Å². The molecule has 3 heterocycles. The van der Waals surface area contributed by atoms with Crippen LogP contribution in [0.3, 0.4) is 0 Å². The molecule has 0 spiro atoms. The van der Waals surface area contributed by atoms with Crippen molar-refractivity contribution in [3.05, 3.63) is 58.3 Å². The number of fused-ring (bicyclic) bond motifs is 1. The largest absolute Gasteiger partial charge is 0.367 e. The van der Waals surface area contributed by atoms with Gasteiger partial charge in [-0.15, -0.1) is 0 Å². The van der Waals surface area contributed by atoms with E-state index in [4.69, 9.17) is 16.6 Å². The molecule has 1 atom stereocenters. The lowest BCUT2D eigenvalue weighted by atomic mass is 10.1. The first-order valence-electron chi connectivity index (χ1n) is 10.2. The molecule has 1 saturated heterocycles. The molecule has 0 unspecified atom stereocenters. The maximum Gasteiger partial charge on any atom is 0.254 e. The van der Waals surface area contributed by atoms with Gasteiger partial charge < -0.3 is 10.6 Å². The molecule has 3 aromatic rings. The van der Waals surface area contributed by atoms with Gasteiger partial charge in [-0.05, 0) is 43.5 Å². The number of rotatable bonds is 6. The number of imide groups is 1. The van der Waals surface area contributed by atoms with E-state index in [0.29, 0.717) is 33.7 Å². The predicted octanol–water partition coefficient (Wildman–Crippen LogP) is 3.56. The normalized spacial score (nSPS) is 18.5. The lowest BCUT2D eigenvalue weighted by Gasteiger charge is -2.17. The van der Waals surface area contributed by atoms with Gasteiger partial charge in [0, 0.05) is 34.3 Å². The number of halogens is 1. The van der Waals surface area contributed by atoms with E-state index in [1.807, 2.05) is 37.3 Å². The molecule has 0 radical (unpaired) electrons. The first-order chi connectivity index (χ1) is 15.0. The van der Waals surface area contributed by atoms with Gasteiger partial charge in [0.2, 0.25) is 5.91 Å². The number of carbonyl (C=O) groups excluding carboxylic acids is 2. The van der Waals surface area contributed by atoms with E-state index in [1.165, 1.54) is 0 Å². The van der Waals surface area contributed by atoms with Crippen LogP contribution in [0.25, 0.3) is 11.7 Å². The summed E-state index contributed by atoms with van der Waals surface area (Å²) < 4.78 is 1.73. The van der Waals surface area contributed by atoms with Crippen LogP contribution in [-0.2, 0) is 9.59 Å². The summed E-state index contributed by atoms with van der Waals surface area (Å²) in [7, 11) is 0. The Morgan fingerprint density at radius 2 is 2.13 bits per heavy atom. The van der Waals surface area contributed by atoms with Gasteiger partial charge in [-0.25, -0.2) is 4.98 Å².